The third-order valence-electron chi connectivity index (χ3n) is 5.11. The van der Waals surface area contributed by atoms with Crippen molar-refractivity contribution in [2.24, 2.45) is 0 Å². The van der Waals surface area contributed by atoms with Crippen molar-refractivity contribution in [3.05, 3.63) is 59.1 Å². The first kappa shape index (κ1) is 19.0. The molecule has 0 bridgehead atoms. The first-order chi connectivity index (χ1) is 13.7. The summed E-state index contributed by atoms with van der Waals surface area (Å²) in [5.41, 5.74) is 2.29. The van der Waals surface area contributed by atoms with Crippen LogP contribution in [0.2, 0.25) is 5.02 Å². The van der Waals surface area contributed by atoms with E-state index in [1.807, 2.05) is 24.3 Å². The van der Waals surface area contributed by atoms with Gasteiger partial charge in [0.05, 0.1) is 5.52 Å². The normalized spacial score (nSPS) is 15.1. The van der Waals surface area contributed by atoms with E-state index in [9.17, 15) is 0 Å². The molecule has 1 aliphatic rings. The summed E-state index contributed by atoms with van der Waals surface area (Å²) in [5.74, 6) is 1.76. The maximum Gasteiger partial charge on any atom is 0.227 e. The van der Waals surface area contributed by atoms with Crippen molar-refractivity contribution in [2.45, 2.75) is 19.9 Å². The highest BCUT2D eigenvalue weighted by Crippen LogP contribution is 2.24. The van der Waals surface area contributed by atoms with E-state index in [-0.39, 0.29) is 0 Å². The van der Waals surface area contributed by atoms with Crippen molar-refractivity contribution in [1.82, 2.24) is 14.9 Å². The second-order valence-electron chi connectivity index (χ2n) is 7.21. The van der Waals surface area contributed by atoms with Crippen LogP contribution in [0, 0.1) is 0 Å². The van der Waals surface area contributed by atoms with E-state index in [1.54, 1.807) is 0 Å². The number of rotatable bonds is 6. The molecule has 1 aromatic heterocycles. The molecule has 1 saturated heterocycles. The number of para-hydroxylation sites is 1. The lowest BCUT2D eigenvalue weighted by Crippen LogP contribution is -2.46. The van der Waals surface area contributed by atoms with E-state index in [0.29, 0.717) is 0 Å². The van der Waals surface area contributed by atoms with Crippen molar-refractivity contribution >= 4 is 34.3 Å². The molecule has 1 fully saturated rings. The highest BCUT2D eigenvalue weighted by molar-refractivity contribution is 6.30. The molecule has 0 atom stereocenters. The molecule has 4 rings (SSSR count). The van der Waals surface area contributed by atoms with Crippen molar-refractivity contribution in [3.63, 3.8) is 0 Å². The number of aromatic nitrogens is 2. The Morgan fingerprint density at radius 3 is 2.46 bits per heavy atom. The van der Waals surface area contributed by atoms with Gasteiger partial charge in [0, 0.05) is 49.7 Å². The Bertz CT molecular complexity index is 920. The Morgan fingerprint density at radius 2 is 1.71 bits per heavy atom. The predicted molar refractivity (Wildman–Crippen MR) is 117 cm³/mol. The number of halogens is 1. The zero-order valence-electron chi connectivity index (χ0n) is 16.2. The largest absolute Gasteiger partial charge is 0.369 e. The molecule has 3 aromatic rings. The molecule has 28 heavy (non-hydrogen) atoms. The Morgan fingerprint density at radius 1 is 0.964 bits per heavy atom. The van der Waals surface area contributed by atoms with E-state index >= 15 is 0 Å². The summed E-state index contributed by atoms with van der Waals surface area (Å²) < 4.78 is 0. The van der Waals surface area contributed by atoms with Crippen molar-refractivity contribution < 1.29 is 0 Å². The molecule has 0 aliphatic carbocycles. The van der Waals surface area contributed by atoms with E-state index in [1.165, 1.54) is 5.56 Å². The number of hydrogen-bond donors (Lipinski definition) is 1. The van der Waals surface area contributed by atoms with Crippen LogP contribution in [0.4, 0.5) is 11.8 Å². The monoisotopic (exact) mass is 395 g/mol. The molecule has 0 saturated carbocycles. The molecular formula is C22H26ClN5. The standard InChI is InChI=1S/C22H26ClN5/c1-2-11-24-21-19-5-3-4-6-20(19)25-22(26-21)28-14-12-27(13-15-28)16-17-7-9-18(23)10-8-17/h3-10H,2,11-16H2,1H3,(H,24,25,26). The average molecular weight is 396 g/mol. The van der Waals surface area contributed by atoms with Crippen LogP contribution in [0.25, 0.3) is 10.9 Å². The number of anilines is 2. The molecule has 2 aromatic carbocycles. The average Bonchev–Trinajstić information content (AvgIpc) is 2.74. The van der Waals surface area contributed by atoms with Gasteiger partial charge in [-0.15, -0.1) is 0 Å². The topological polar surface area (TPSA) is 44.3 Å². The van der Waals surface area contributed by atoms with Gasteiger partial charge in [-0.05, 0) is 36.2 Å². The van der Waals surface area contributed by atoms with Gasteiger partial charge in [-0.25, -0.2) is 4.98 Å². The summed E-state index contributed by atoms with van der Waals surface area (Å²) in [7, 11) is 0. The Balaban J connectivity index is 1.46. The highest BCUT2D eigenvalue weighted by Gasteiger charge is 2.20. The summed E-state index contributed by atoms with van der Waals surface area (Å²) >= 11 is 5.99. The quantitative estimate of drug-likeness (QED) is 0.669. The fraction of sp³-hybridized carbons (Fsp3) is 0.364. The summed E-state index contributed by atoms with van der Waals surface area (Å²) in [6.45, 7) is 7.88. The minimum atomic E-state index is 0.787. The van der Waals surface area contributed by atoms with Crippen LogP contribution in [0.15, 0.2) is 48.5 Å². The molecule has 0 unspecified atom stereocenters. The third kappa shape index (κ3) is 4.37. The zero-order chi connectivity index (χ0) is 19.3. The van der Waals surface area contributed by atoms with Crippen LogP contribution in [-0.4, -0.2) is 47.6 Å². The number of benzene rings is 2. The first-order valence-corrected chi connectivity index (χ1v) is 10.3. The fourth-order valence-electron chi connectivity index (χ4n) is 3.54. The van der Waals surface area contributed by atoms with Gasteiger partial charge in [-0.2, -0.15) is 4.98 Å². The van der Waals surface area contributed by atoms with Crippen LogP contribution in [0.1, 0.15) is 18.9 Å². The Hall–Kier alpha value is -2.37. The van der Waals surface area contributed by atoms with E-state index in [4.69, 9.17) is 21.6 Å². The summed E-state index contributed by atoms with van der Waals surface area (Å²) in [6, 6.07) is 16.3. The molecule has 5 nitrogen and oxygen atoms in total. The minimum absolute atomic E-state index is 0.787. The molecule has 0 amide bonds. The maximum atomic E-state index is 5.99. The van der Waals surface area contributed by atoms with Crippen LogP contribution in [0.3, 0.4) is 0 Å². The number of fused-ring (bicyclic) bond motifs is 1. The number of nitrogens with zero attached hydrogens (tertiary/aromatic N) is 4. The van der Waals surface area contributed by atoms with Crippen molar-refractivity contribution in [1.29, 1.82) is 0 Å². The van der Waals surface area contributed by atoms with Crippen LogP contribution in [-0.2, 0) is 6.54 Å². The Labute approximate surface area is 171 Å². The molecule has 6 heteroatoms. The molecular weight excluding hydrogens is 370 g/mol. The zero-order valence-corrected chi connectivity index (χ0v) is 17.0. The van der Waals surface area contributed by atoms with Gasteiger partial charge >= 0.3 is 0 Å². The van der Waals surface area contributed by atoms with Crippen molar-refractivity contribution in [2.75, 3.05) is 42.9 Å². The van der Waals surface area contributed by atoms with Crippen LogP contribution < -0.4 is 10.2 Å². The summed E-state index contributed by atoms with van der Waals surface area (Å²) in [5, 5.41) is 5.33. The number of nitrogens with one attached hydrogen (secondary N) is 1. The minimum Gasteiger partial charge on any atom is -0.369 e. The predicted octanol–water partition coefficient (Wildman–Crippen LogP) is 4.43. The van der Waals surface area contributed by atoms with Crippen molar-refractivity contribution in [3.8, 4) is 0 Å². The number of piperazine rings is 1. The van der Waals surface area contributed by atoms with E-state index in [0.717, 1.165) is 73.4 Å². The smallest absolute Gasteiger partial charge is 0.227 e. The molecule has 0 radical (unpaired) electrons. The van der Waals surface area contributed by atoms with Gasteiger partial charge in [0.1, 0.15) is 5.82 Å². The lowest BCUT2D eigenvalue weighted by Gasteiger charge is -2.35. The summed E-state index contributed by atoms with van der Waals surface area (Å²) in [6.07, 6.45) is 1.07. The van der Waals surface area contributed by atoms with Gasteiger partial charge in [0.25, 0.3) is 0 Å². The lowest BCUT2D eigenvalue weighted by molar-refractivity contribution is 0.249. The number of hydrogen-bond acceptors (Lipinski definition) is 5. The van der Waals surface area contributed by atoms with Gasteiger partial charge in [0.15, 0.2) is 0 Å². The van der Waals surface area contributed by atoms with Gasteiger partial charge in [0.2, 0.25) is 5.95 Å². The molecule has 0 spiro atoms. The third-order valence-corrected chi connectivity index (χ3v) is 5.36. The van der Waals surface area contributed by atoms with E-state index in [2.05, 4.69) is 46.3 Å². The molecule has 1 N–H and O–H groups in total. The lowest BCUT2D eigenvalue weighted by atomic mass is 10.2. The summed E-state index contributed by atoms with van der Waals surface area (Å²) in [4.78, 5) is 14.4. The van der Waals surface area contributed by atoms with E-state index < -0.39 is 0 Å². The molecule has 146 valence electrons. The second-order valence-corrected chi connectivity index (χ2v) is 7.64. The highest BCUT2D eigenvalue weighted by atomic mass is 35.5. The maximum absolute atomic E-state index is 5.99. The second kappa shape index (κ2) is 8.76. The Kier molecular flexibility index (Phi) is 5.93. The van der Waals surface area contributed by atoms with Gasteiger partial charge in [-0.1, -0.05) is 42.8 Å². The van der Waals surface area contributed by atoms with Crippen LogP contribution >= 0.6 is 11.6 Å². The van der Waals surface area contributed by atoms with Gasteiger partial charge < -0.3 is 10.2 Å². The first-order valence-electron chi connectivity index (χ1n) is 9.95. The molecule has 1 aliphatic heterocycles. The SMILES string of the molecule is CCCNc1nc(N2CCN(Cc3ccc(Cl)cc3)CC2)nc2ccccc12. The fourth-order valence-corrected chi connectivity index (χ4v) is 3.66. The van der Waals surface area contributed by atoms with Crippen LogP contribution in [0.5, 0.6) is 0 Å². The molecule has 2 heterocycles. The van der Waals surface area contributed by atoms with Gasteiger partial charge in [-0.3, -0.25) is 4.90 Å².